The number of carbonyl (C=O) groups excluding carboxylic acids is 1. The lowest BCUT2D eigenvalue weighted by Crippen LogP contribution is -2.29. The van der Waals surface area contributed by atoms with E-state index in [1.165, 1.54) is 18.2 Å². The first-order valence-corrected chi connectivity index (χ1v) is 8.49. The number of amides is 1. The summed E-state index contributed by atoms with van der Waals surface area (Å²) in [6.45, 7) is 1.95. The van der Waals surface area contributed by atoms with Gasteiger partial charge in [-0.25, -0.2) is 0 Å². The Hall–Kier alpha value is -2.96. The first-order valence-electron chi connectivity index (χ1n) is 8.49. The molecule has 0 fully saturated rings. The second kappa shape index (κ2) is 7.73. The Bertz CT molecular complexity index is 934. The van der Waals surface area contributed by atoms with Gasteiger partial charge in [0, 0.05) is 29.6 Å². The van der Waals surface area contributed by atoms with Crippen LogP contribution in [-0.2, 0) is 17.8 Å². The monoisotopic (exact) mass is 376 g/mol. The molecule has 0 aliphatic heterocycles. The molecule has 0 spiro atoms. The number of H-pyrrole nitrogens is 1. The highest BCUT2D eigenvalue weighted by molar-refractivity contribution is 5.84. The second-order valence-electron chi connectivity index (χ2n) is 6.38. The van der Waals surface area contributed by atoms with E-state index in [9.17, 15) is 18.0 Å². The van der Waals surface area contributed by atoms with Gasteiger partial charge in [-0.05, 0) is 35.7 Å². The van der Waals surface area contributed by atoms with E-state index in [0.717, 1.165) is 16.5 Å². The predicted molar refractivity (Wildman–Crippen MR) is 96.1 cm³/mol. The number of nitrogens with one attached hydrogen (secondary N) is 2. The number of aromatic amines is 1. The van der Waals surface area contributed by atoms with Gasteiger partial charge in [-0.2, -0.15) is 0 Å². The standard InChI is InChI=1S/C20H19F3N2O2/c1-13(9-15-12-24-18-8-3-2-7-17(15)18)19(26)25-11-14-5-4-6-16(10-14)27-20(21,22)23/h2-8,10,12-13,24H,9,11H2,1H3,(H,25,26). The number of para-hydroxylation sites is 1. The number of hydrogen-bond acceptors (Lipinski definition) is 2. The molecule has 0 aliphatic rings. The molecular formula is C20H19F3N2O2. The molecule has 1 amide bonds. The Morgan fingerprint density at radius 1 is 1.19 bits per heavy atom. The molecule has 0 bridgehead atoms. The highest BCUT2D eigenvalue weighted by Gasteiger charge is 2.31. The number of ether oxygens (including phenoxy) is 1. The molecule has 0 radical (unpaired) electrons. The minimum Gasteiger partial charge on any atom is -0.406 e. The Kier molecular flexibility index (Phi) is 5.39. The van der Waals surface area contributed by atoms with E-state index in [0.29, 0.717) is 12.0 Å². The zero-order valence-corrected chi connectivity index (χ0v) is 14.6. The van der Waals surface area contributed by atoms with Crippen LogP contribution in [0.4, 0.5) is 13.2 Å². The number of hydrogen-bond donors (Lipinski definition) is 2. The smallest absolute Gasteiger partial charge is 0.406 e. The molecule has 142 valence electrons. The number of rotatable bonds is 6. The first-order chi connectivity index (χ1) is 12.8. The molecule has 1 atom stereocenters. The van der Waals surface area contributed by atoms with Crippen LogP contribution in [0, 0.1) is 5.92 Å². The van der Waals surface area contributed by atoms with Gasteiger partial charge in [0.05, 0.1) is 0 Å². The van der Waals surface area contributed by atoms with Crippen LogP contribution in [0.1, 0.15) is 18.1 Å². The normalized spacial score (nSPS) is 12.7. The van der Waals surface area contributed by atoms with E-state index >= 15 is 0 Å². The predicted octanol–water partition coefficient (Wildman–Crippen LogP) is 4.56. The quantitative estimate of drug-likeness (QED) is 0.663. The molecule has 1 aromatic heterocycles. The summed E-state index contributed by atoms with van der Waals surface area (Å²) in [6, 6.07) is 13.4. The third-order valence-electron chi connectivity index (χ3n) is 4.25. The molecule has 0 saturated heterocycles. The van der Waals surface area contributed by atoms with Crippen LogP contribution >= 0.6 is 0 Å². The molecule has 2 aromatic carbocycles. The molecule has 7 heteroatoms. The summed E-state index contributed by atoms with van der Waals surface area (Å²) in [7, 11) is 0. The number of aromatic nitrogens is 1. The van der Waals surface area contributed by atoms with Gasteiger partial charge < -0.3 is 15.0 Å². The summed E-state index contributed by atoms with van der Waals surface area (Å²) in [6.07, 6.45) is -2.28. The zero-order valence-electron chi connectivity index (χ0n) is 14.6. The van der Waals surface area contributed by atoms with Crippen molar-refractivity contribution < 1.29 is 22.7 Å². The number of fused-ring (bicyclic) bond motifs is 1. The van der Waals surface area contributed by atoms with Crippen molar-refractivity contribution in [2.24, 2.45) is 5.92 Å². The van der Waals surface area contributed by atoms with Crippen molar-refractivity contribution in [2.75, 3.05) is 0 Å². The van der Waals surface area contributed by atoms with Crippen molar-refractivity contribution in [3.8, 4) is 5.75 Å². The highest BCUT2D eigenvalue weighted by atomic mass is 19.4. The molecule has 1 heterocycles. The van der Waals surface area contributed by atoms with Crippen LogP contribution in [0.15, 0.2) is 54.7 Å². The maximum Gasteiger partial charge on any atom is 0.573 e. The average Bonchev–Trinajstić information content (AvgIpc) is 3.01. The van der Waals surface area contributed by atoms with Crippen molar-refractivity contribution in [1.82, 2.24) is 10.3 Å². The summed E-state index contributed by atoms with van der Waals surface area (Å²) in [5, 5.41) is 3.84. The van der Waals surface area contributed by atoms with Gasteiger partial charge in [0.25, 0.3) is 0 Å². The van der Waals surface area contributed by atoms with Crippen LogP contribution in [-0.4, -0.2) is 17.3 Å². The third-order valence-corrected chi connectivity index (χ3v) is 4.25. The van der Waals surface area contributed by atoms with E-state index in [2.05, 4.69) is 15.0 Å². The minimum atomic E-state index is -4.74. The minimum absolute atomic E-state index is 0.131. The van der Waals surface area contributed by atoms with Gasteiger partial charge >= 0.3 is 6.36 Å². The largest absolute Gasteiger partial charge is 0.573 e. The summed E-state index contributed by atoms with van der Waals surface area (Å²) in [5.74, 6) is -0.748. The molecule has 3 aromatic rings. The molecule has 0 saturated carbocycles. The third kappa shape index (κ3) is 5.03. The molecular weight excluding hydrogens is 357 g/mol. The fraction of sp³-hybridized carbons (Fsp3) is 0.250. The van der Waals surface area contributed by atoms with Crippen molar-refractivity contribution in [2.45, 2.75) is 26.3 Å². The van der Waals surface area contributed by atoms with E-state index < -0.39 is 6.36 Å². The molecule has 1 unspecified atom stereocenters. The van der Waals surface area contributed by atoms with E-state index in [4.69, 9.17) is 0 Å². The maximum absolute atomic E-state index is 12.4. The first kappa shape index (κ1) is 18.8. The van der Waals surface area contributed by atoms with Gasteiger partial charge in [0.1, 0.15) is 5.75 Å². The number of halogens is 3. The van der Waals surface area contributed by atoms with Gasteiger partial charge in [0.15, 0.2) is 0 Å². The van der Waals surface area contributed by atoms with Crippen LogP contribution in [0.5, 0.6) is 5.75 Å². The van der Waals surface area contributed by atoms with E-state index in [1.54, 1.807) is 6.07 Å². The summed E-state index contributed by atoms with van der Waals surface area (Å²) in [5.41, 5.74) is 2.60. The fourth-order valence-electron chi connectivity index (χ4n) is 2.94. The molecule has 0 aliphatic carbocycles. The van der Waals surface area contributed by atoms with Gasteiger partial charge in [-0.1, -0.05) is 37.3 Å². The fourth-order valence-corrected chi connectivity index (χ4v) is 2.94. The number of alkyl halides is 3. The van der Waals surface area contributed by atoms with Crippen LogP contribution in [0.25, 0.3) is 10.9 Å². The lowest BCUT2D eigenvalue weighted by atomic mass is 10.00. The lowest BCUT2D eigenvalue weighted by Gasteiger charge is -2.13. The number of carbonyl (C=O) groups is 1. The zero-order chi connectivity index (χ0) is 19.4. The van der Waals surface area contributed by atoms with Gasteiger partial charge in [-0.3, -0.25) is 4.79 Å². The summed E-state index contributed by atoms with van der Waals surface area (Å²) < 4.78 is 40.8. The van der Waals surface area contributed by atoms with E-state index in [-0.39, 0.29) is 24.1 Å². The molecule has 3 rings (SSSR count). The molecule has 4 nitrogen and oxygen atoms in total. The topological polar surface area (TPSA) is 54.1 Å². The maximum atomic E-state index is 12.4. The summed E-state index contributed by atoms with van der Waals surface area (Å²) >= 11 is 0. The Labute approximate surface area is 154 Å². The Morgan fingerprint density at radius 3 is 2.74 bits per heavy atom. The van der Waals surface area contributed by atoms with Crippen LogP contribution in [0.2, 0.25) is 0 Å². The van der Waals surface area contributed by atoms with Gasteiger partial charge in [0.2, 0.25) is 5.91 Å². The average molecular weight is 376 g/mol. The van der Waals surface area contributed by atoms with Crippen molar-refractivity contribution in [3.63, 3.8) is 0 Å². The number of benzene rings is 2. The van der Waals surface area contributed by atoms with Crippen molar-refractivity contribution in [3.05, 3.63) is 65.9 Å². The second-order valence-corrected chi connectivity index (χ2v) is 6.38. The van der Waals surface area contributed by atoms with E-state index in [1.807, 2.05) is 37.4 Å². The Morgan fingerprint density at radius 2 is 1.96 bits per heavy atom. The summed E-state index contributed by atoms with van der Waals surface area (Å²) in [4.78, 5) is 15.5. The van der Waals surface area contributed by atoms with Crippen LogP contribution in [0.3, 0.4) is 0 Å². The van der Waals surface area contributed by atoms with Gasteiger partial charge in [-0.15, -0.1) is 13.2 Å². The SMILES string of the molecule is CC(Cc1c[nH]c2ccccc12)C(=O)NCc1cccc(OC(F)(F)F)c1. The van der Waals surface area contributed by atoms with Crippen molar-refractivity contribution in [1.29, 1.82) is 0 Å². The molecule has 27 heavy (non-hydrogen) atoms. The van der Waals surface area contributed by atoms with Crippen molar-refractivity contribution >= 4 is 16.8 Å². The highest BCUT2D eigenvalue weighted by Crippen LogP contribution is 2.24. The molecule has 2 N–H and O–H groups in total. The van der Waals surface area contributed by atoms with Crippen LogP contribution < -0.4 is 10.1 Å². The Balaban J connectivity index is 1.58. The lowest BCUT2D eigenvalue weighted by molar-refractivity contribution is -0.274.